The van der Waals surface area contributed by atoms with Crippen LogP contribution in [0.1, 0.15) is 17.1 Å². The first-order valence-corrected chi connectivity index (χ1v) is 8.52. The number of aryl methyl sites for hydroxylation is 2. The van der Waals surface area contributed by atoms with Crippen LogP contribution in [0.3, 0.4) is 0 Å². The van der Waals surface area contributed by atoms with E-state index in [9.17, 15) is 18.0 Å². The average Bonchev–Trinajstić information content (AvgIpc) is 2.95. The highest BCUT2D eigenvalue weighted by molar-refractivity contribution is 7.99. The van der Waals surface area contributed by atoms with Crippen LogP contribution in [0, 0.1) is 13.8 Å². The zero-order chi connectivity index (χ0) is 18.9. The number of rotatable bonds is 4. The Balaban J connectivity index is 1.64. The summed E-state index contributed by atoms with van der Waals surface area (Å²) in [5.41, 5.74) is 0.987. The fraction of sp³-hybridized carbons (Fsp3) is 0.250. The Bertz CT molecular complexity index is 953. The molecule has 0 saturated heterocycles. The van der Waals surface area contributed by atoms with Crippen LogP contribution in [0.2, 0.25) is 0 Å². The second-order valence-electron chi connectivity index (χ2n) is 5.53. The lowest BCUT2D eigenvalue weighted by molar-refractivity contribution is -0.137. The molecule has 0 spiro atoms. The first-order chi connectivity index (χ1) is 12.2. The molecule has 6 nitrogen and oxygen atoms in total. The molecule has 26 heavy (non-hydrogen) atoms. The Labute approximate surface area is 150 Å². The summed E-state index contributed by atoms with van der Waals surface area (Å²) >= 11 is 1.17. The highest BCUT2D eigenvalue weighted by Crippen LogP contribution is 2.29. The van der Waals surface area contributed by atoms with Crippen molar-refractivity contribution in [2.45, 2.75) is 25.2 Å². The van der Waals surface area contributed by atoms with Gasteiger partial charge in [0.15, 0.2) is 10.8 Å². The number of carbonyl (C=O) groups is 1. The monoisotopic (exact) mass is 381 g/mol. The fourth-order valence-electron chi connectivity index (χ4n) is 2.37. The Morgan fingerprint density at radius 2 is 1.88 bits per heavy atom. The van der Waals surface area contributed by atoms with Gasteiger partial charge in [-0.1, -0.05) is 11.8 Å². The lowest BCUT2D eigenvalue weighted by atomic mass is 10.2. The molecular weight excluding hydrogens is 367 g/mol. The van der Waals surface area contributed by atoms with Crippen molar-refractivity contribution in [2.24, 2.45) is 0 Å². The number of halogens is 3. The molecule has 0 bridgehead atoms. The third-order valence-corrected chi connectivity index (χ3v) is 4.42. The normalized spacial score (nSPS) is 11.7. The van der Waals surface area contributed by atoms with Crippen LogP contribution in [0.25, 0.3) is 5.65 Å². The summed E-state index contributed by atoms with van der Waals surface area (Å²) in [6.07, 6.45) is -4.41. The minimum Gasteiger partial charge on any atom is -0.325 e. The van der Waals surface area contributed by atoms with Crippen molar-refractivity contribution >= 4 is 29.0 Å². The molecule has 0 aliphatic carbocycles. The van der Waals surface area contributed by atoms with Crippen molar-refractivity contribution in [1.82, 2.24) is 19.6 Å². The van der Waals surface area contributed by atoms with Crippen LogP contribution in [-0.2, 0) is 11.0 Å². The van der Waals surface area contributed by atoms with Crippen molar-refractivity contribution in [1.29, 1.82) is 0 Å². The number of thioether (sulfide) groups is 1. The van der Waals surface area contributed by atoms with Crippen LogP contribution < -0.4 is 5.32 Å². The van der Waals surface area contributed by atoms with Crippen molar-refractivity contribution in [3.63, 3.8) is 0 Å². The summed E-state index contributed by atoms with van der Waals surface area (Å²) in [6.45, 7) is 3.67. The molecule has 10 heteroatoms. The molecule has 0 radical (unpaired) electrons. The van der Waals surface area contributed by atoms with E-state index >= 15 is 0 Å². The van der Waals surface area contributed by atoms with Crippen LogP contribution in [0.15, 0.2) is 35.5 Å². The molecule has 2 aromatic heterocycles. The fourth-order valence-corrected chi connectivity index (χ4v) is 3.15. The summed E-state index contributed by atoms with van der Waals surface area (Å²) in [6, 6.07) is 6.06. The number of hydrogen-bond donors (Lipinski definition) is 1. The summed E-state index contributed by atoms with van der Waals surface area (Å²) < 4.78 is 39.3. The molecule has 0 saturated carbocycles. The van der Waals surface area contributed by atoms with Gasteiger partial charge in [0.1, 0.15) is 5.82 Å². The summed E-state index contributed by atoms with van der Waals surface area (Å²) in [5.74, 6) is 0.384. The molecule has 136 valence electrons. The van der Waals surface area contributed by atoms with E-state index in [2.05, 4.69) is 20.5 Å². The second-order valence-corrected chi connectivity index (χ2v) is 6.48. The lowest BCUT2D eigenvalue weighted by Gasteiger charge is -2.08. The maximum Gasteiger partial charge on any atom is 0.416 e. The molecular formula is C16H14F3N5OS. The standard InChI is InChI=1S/C16H14F3N5OS/c1-9-7-13-22-23-15(24(13)10(2)20-9)26-8-14(25)21-12-5-3-11(4-6-12)16(17,18)19/h3-7H,8H2,1-2H3,(H,21,25). The van der Waals surface area contributed by atoms with Gasteiger partial charge in [0.05, 0.1) is 11.3 Å². The van der Waals surface area contributed by atoms with E-state index in [1.165, 1.54) is 23.9 Å². The van der Waals surface area contributed by atoms with E-state index in [-0.39, 0.29) is 11.7 Å². The van der Waals surface area contributed by atoms with E-state index < -0.39 is 11.7 Å². The van der Waals surface area contributed by atoms with E-state index in [0.29, 0.717) is 22.3 Å². The Hall–Kier alpha value is -2.62. The Morgan fingerprint density at radius 1 is 1.19 bits per heavy atom. The Kier molecular flexibility index (Phi) is 4.86. The Morgan fingerprint density at radius 3 is 2.54 bits per heavy atom. The van der Waals surface area contributed by atoms with Crippen LogP contribution in [-0.4, -0.2) is 31.2 Å². The van der Waals surface area contributed by atoms with Gasteiger partial charge in [0.2, 0.25) is 5.91 Å². The van der Waals surface area contributed by atoms with Crippen molar-refractivity contribution in [2.75, 3.05) is 11.1 Å². The van der Waals surface area contributed by atoms with Gasteiger partial charge in [0.25, 0.3) is 0 Å². The molecule has 1 N–H and O–H groups in total. The van der Waals surface area contributed by atoms with Gasteiger partial charge in [-0.15, -0.1) is 10.2 Å². The first-order valence-electron chi connectivity index (χ1n) is 7.53. The largest absolute Gasteiger partial charge is 0.416 e. The van der Waals surface area contributed by atoms with Crippen LogP contribution in [0.5, 0.6) is 0 Å². The van der Waals surface area contributed by atoms with Crippen LogP contribution >= 0.6 is 11.8 Å². The molecule has 1 amide bonds. The number of carbonyl (C=O) groups excluding carboxylic acids is 1. The predicted octanol–water partition coefficient (Wildman–Crippen LogP) is 3.49. The topological polar surface area (TPSA) is 72.2 Å². The van der Waals surface area contributed by atoms with Gasteiger partial charge >= 0.3 is 6.18 Å². The maximum absolute atomic E-state index is 12.5. The predicted molar refractivity (Wildman–Crippen MR) is 91.1 cm³/mol. The van der Waals surface area contributed by atoms with Crippen molar-refractivity contribution in [3.8, 4) is 0 Å². The molecule has 0 unspecified atom stereocenters. The summed E-state index contributed by atoms with van der Waals surface area (Å²) in [7, 11) is 0. The molecule has 0 atom stereocenters. The summed E-state index contributed by atoms with van der Waals surface area (Å²) in [4.78, 5) is 16.4. The minimum atomic E-state index is -4.41. The number of anilines is 1. The number of benzene rings is 1. The minimum absolute atomic E-state index is 0.0368. The van der Waals surface area contributed by atoms with Gasteiger partial charge in [0, 0.05) is 17.4 Å². The summed E-state index contributed by atoms with van der Waals surface area (Å²) in [5, 5.41) is 11.2. The zero-order valence-electron chi connectivity index (χ0n) is 13.8. The number of aromatic nitrogens is 4. The maximum atomic E-state index is 12.5. The number of nitrogens with one attached hydrogen (secondary N) is 1. The van der Waals surface area contributed by atoms with Crippen molar-refractivity contribution < 1.29 is 18.0 Å². The van der Waals surface area contributed by atoms with Crippen LogP contribution in [0.4, 0.5) is 18.9 Å². The smallest absolute Gasteiger partial charge is 0.325 e. The number of alkyl halides is 3. The highest BCUT2D eigenvalue weighted by atomic mass is 32.2. The first kappa shape index (κ1) is 18.2. The van der Waals surface area contributed by atoms with Gasteiger partial charge < -0.3 is 5.32 Å². The van der Waals surface area contributed by atoms with E-state index in [0.717, 1.165) is 17.8 Å². The molecule has 0 fully saturated rings. The molecule has 0 aliphatic rings. The van der Waals surface area contributed by atoms with E-state index in [4.69, 9.17) is 0 Å². The molecule has 2 heterocycles. The second kappa shape index (κ2) is 6.94. The average molecular weight is 381 g/mol. The molecule has 0 aliphatic heterocycles. The molecule has 3 aromatic rings. The SMILES string of the molecule is Cc1cc2nnc(SCC(=O)Nc3ccc(C(F)(F)F)cc3)n2c(C)n1. The number of hydrogen-bond acceptors (Lipinski definition) is 5. The quantitative estimate of drug-likeness (QED) is 0.701. The molecule has 3 rings (SSSR count). The van der Waals surface area contributed by atoms with E-state index in [1.807, 2.05) is 13.8 Å². The van der Waals surface area contributed by atoms with Gasteiger partial charge in [-0.3, -0.25) is 9.20 Å². The molecule has 1 aromatic carbocycles. The van der Waals surface area contributed by atoms with Crippen molar-refractivity contribution in [3.05, 3.63) is 47.4 Å². The highest BCUT2D eigenvalue weighted by Gasteiger charge is 2.30. The van der Waals surface area contributed by atoms with Gasteiger partial charge in [-0.2, -0.15) is 13.2 Å². The van der Waals surface area contributed by atoms with Gasteiger partial charge in [-0.05, 0) is 38.1 Å². The number of amides is 1. The number of nitrogens with zero attached hydrogens (tertiary/aromatic N) is 4. The third kappa shape index (κ3) is 3.96. The number of fused-ring (bicyclic) bond motifs is 1. The third-order valence-electron chi connectivity index (χ3n) is 3.49. The van der Waals surface area contributed by atoms with Gasteiger partial charge in [-0.25, -0.2) is 4.98 Å². The zero-order valence-corrected chi connectivity index (χ0v) is 14.6. The van der Waals surface area contributed by atoms with E-state index in [1.54, 1.807) is 10.5 Å². The lowest BCUT2D eigenvalue weighted by Crippen LogP contribution is -2.14.